The van der Waals surface area contributed by atoms with Crippen LogP contribution in [0.25, 0.3) is 10.9 Å². The van der Waals surface area contributed by atoms with E-state index in [0.717, 1.165) is 10.9 Å². The summed E-state index contributed by atoms with van der Waals surface area (Å²) in [5.74, 6) is 0. The fourth-order valence-corrected chi connectivity index (χ4v) is 3.17. The van der Waals surface area contributed by atoms with Crippen LogP contribution < -0.4 is 0 Å². The molecule has 3 atom stereocenters. The van der Waals surface area contributed by atoms with E-state index >= 15 is 0 Å². The maximum Gasteiger partial charge on any atom is 0.138 e. The van der Waals surface area contributed by atoms with Gasteiger partial charge in [0.15, 0.2) is 0 Å². The Morgan fingerprint density at radius 2 is 1.90 bits per heavy atom. The standard InChI is InChI=1S/C13H12Cl3NO3/c14-7-1-6-2-12(16)17(9(6)3-8(7)15)13-4-10(19)11(5-18)20-13/h1-3,10-11,13,18-19H,4-5H2/t10-,11+,13+/m0/s1. The van der Waals surface area contributed by atoms with Crippen molar-refractivity contribution in [3.8, 4) is 0 Å². The first kappa shape index (κ1) is 14.4. The molecule has 108 valence electrons. The van der Waals surface area contributed by atoms with Gasteiger partial charge in [0, 0.05) is 11.8 Å². The topological polar surface area (TPSA) is 54.6 Å². The van der Waals surface area contributed by atoms with Crippen LogP contribution in [-0.2, 0) is 4.74 Å². The van der Waals surface area contributed by atoms with Crippen molar-refractivity contribution in [2.45, 2.75) is 24.9 Å². The van der Waals surface area contributed by atoms with E-state index in [9.17, 15) is 5.11 Å². The maximum absolute atomic E-state index is 9.83. The van der Waals surface area contributed by atoms with Gasteiger partial charge in [0.25, 0.3) is 0 Å². The summed E-state index contributed by atoms with van der Waals surface area (Å²) in [6, 6.07) is 5.21. The zero-order valence-corrected chi connectivity index (χ0v) is 12.5. The highest BCUT2D eigenvalue weighted by Gasteiger charge is 2.35. The fourth-order valence-electron chi connectivity index (χ4n) is 2.52. The number of aliphatic hydroxyl groups excluding tert-OH is 2. The molecule has 20 heavy (non-hydrogen) atoms. The molecule has 3 rings (SSSR count). The van der Waals surface area contributed by atoms with Crippen molar-refractivity contribution in [1.29, 1.82) is 0 Å². The molecule has 0 bridgehead atoms. The minimum Gasteiger partial charge on any atom is -0.394 e. The molecule has 1 aliphatic rings. The summed E-state index contributed by atoms with van der Waals surface area (Å²) in [5.41, 5.74) is 0.778. The number of rotatable bonds is 2. The normalized spacial score (nSPS) is 26.6. The van der Waals surface area contributed by atoms with Crippen molar-refractivity contribution in [3.63, 3.8) is 0 Å². The number of halogens is 3. The Morgan fingerprint density at radius 1 is 1.20 bits per heavy atom. The average Bonchev–Trinajstić information content (AvgIpc) is 2.90. The molecule has 0 aliphatic carbocycles. The summed E-state index contributed by atoms with van der Waals surface area (Å²) in [6.45, 7) is -0.235. The van der Waals surface area contributed by atoms with E-state index < -0.39 is 18.4 Å². The number of benzene rings is 1. The number of aliphatic hydroxyl groups is 2. The van der Waals surface area contributed by atoms with Gasteiger partial charge in [-0.05, 0) is 18.2 Å². The second-order valence-corrected chi connectivity index (χ2v) is 5.98. The molecule has 1 aromatic carbocycles. The molecule has 0 unspecified atom stereocenters. The van der Waals surface area contributed by atoms with E-state index in [2.05, 4.69) is 0 Å². The first-order valence-corrected chi connectivity index (χ1v) is 7.24. The van der Waals surface area contributed by atoms with Crippen molar-refractivity contribution in [2.75, 3.05) is 6.61 Å². The van der Waals surface area contributed by atoms with Crippen LogP contribution >= 0.6 is 34.8 Å². The number of hydrogen-bond donors (Lipinski definition) is 2. The van der Waals surface area contributed by atoms with Gasteiger partial charge >= 0.3 is 0 Å². The second-order valence-electron chi connectivity index (χ2n) is 4.78. The lowest BCUT2D eigenvalue weighted by Gasteiger charge is -2.16. The molecule has 1 aromatic heterocycles. The van der Waals surface area contributed by atoms with Gasteiger partial charge in [-0.1, -0.05) is 34.8 Å². The zero-order valence-electron chi connectivity index (χ0n) is 10.3. The summed E-state index contributed by atoms with van der Waals surface area (Å²) < 4.78 is 7.38. The van der Waals surface area contributed by atoms with E-state index in [-0.39, 0.29) is 6.61 Å². The Morgan fingerprint density at radius 3 is 2.55 bits per heavy atom. The molecule has 0 saturated carbocycles. The predicted octanol–water partition coefficient (Wildman–Crippen LogP) is 3.24. The SMILES string of the molecule is OC[C@H]1O[C@@H](n2c(Cl)cc3cc(Cl)c(Cl)cc32)C[C@@H]1O. The maximum atomic E-state index is 9.83. The van der Waals surface area contributed by atoms with E-state index in [1.165, 1.54) is 0 Å². The third-order valence-electron chi connectivity index (χ3n) is 3.51. The van der Waals surface area contributed by atoms with Crippen LogP contribution in [0.15, 0.2) is 18.2 Å². The summed E-state index contributed by atoms with van der Waals surface area (Å²) in [7, 11) is 0. The second kappa shape index (κ2) is 5.37. The van der Waals surface area contributed by atoms with Crippen LogP contribution in [0, 0.1) is 0 Å². The molecule has 2 heterocycles. The van der Waals surface area contributed by atoms with Gasteiger partial charge in [-0.3, -0.25) is 0 Å². The lowest BCUT2D eigenvalue weighted by molar-refractivity contribution is -0.0428. The lowest BCUT2D eigenvalue weighted by atomic mass is 10.2. The molecular formula is C13H12Cl3NO3. The van der Waals surface area contributed by atoms with E-state index in [1.54, 1.807) is 22.8 Å². The highest BCUT2D eigenvalue weighted by Crippen LogP contribution is 2.38. The van der Waals surface area contributed by atoms with Gasteiger partial charge in [0.1, 0.15) is 17.5 Å². The van der Waals surface area contributed by atoms with Crippen LogP contribution in [0.5, 0.6) is 0 Å². The predicted molar refractivity (Wildman–Crippen MR) is 78.6 cm³/mol. The largest absolute Gasteiger partial charge is 0.394 e. The average molecular weight is 337 g/mol. The molecule has 1 aliphatic heterocycles. The molecular weight excluding hydrogens is 325 g/mol. The lowest BCUT2D eigenvalue weighted by Crippen LogP contribution is -2.24. The molecule has 0 spiro atoms. The molecule has 1 saturated heterocycles. The Kier molecular flexibility index (Phi) is 3.88. The van der Waals surface area contributed by atoms with Crippen molar-refractivity contribution in [2.24, 2.45) is 0 Å². The summed E-state index contributed by atoms with van der Waals surface area (Å²) in [6.07, 6.45) is -1.41. The Hall–Kier alpha value is -0.490. The molecule has 1 fully saturated rings. The number of ether oxygens (including phenoxy) is 1. The smallest absolute Gasteiger partial charge is 0.138 e. The van der Waals surface area contributed by atoms with Gasteiger partial charge in [-0.25, -0.2) is 0 Å². The zero-order chi connectivity index (χ0) is 14.4. The van der Waals surface area contributed by atoms with E-state index in [0.29, 0.717) is 21.6 Å². The van der Waals surface area contributed by atoms with Crippen LogP contribution in [0.4, 0.5) is 0 Å². The highest BCUT2D eigenvalue weighted by molar-refractivity contribution is 6.43. The third-order valence-corrected chi connectivity index (χ3v) is 4.52. The van der Waals surface area contributed by atoms with Crippen molar-refractivity contribution in [3.05, 3.63) is 33.4 Å². The summed E-state index contributed by atoms with van der Waals surface area (Å²) >= 11 is 18.3. The number of fused-ring (bicyclic) bond motifs is 1. The van der Waals surface area contributed by atoms with Gasteiger partial charge in [0.05, 0.1) is 28.3 Å². The first-order chi connectivity index (χ1) is 9.51. The van der Waals surface area contributed by atoms with E-state index in [1.807, 2.05) is 0 Å². The summed E-state index contributed by atoms with van der Waals surface area (Å²) in [4.78, 5) is 0. The molecule has 7 heteroatoms. The number of nitrogens with zero attached hydrogens (tertiary/aromatic N) is 1. The molecule has 0 radical (unpaired) electrons. The van der Waals surface area contributed by atoms with Crippen molar-refractivity contribution >= 4 is 45.7 Å². The third kappa shape index (κ3) is 2.30. The number of aromatic nitrogens is 1. The molecule has 4 nitrogen and oxygen atoms in total. The van der Waals surface area contributed by atoms with Crippen LogP contribution in [0.3, 0.4) is 0 Å². The fraction of sp³-hybridized carbons (Fsp3) is 0.385. The van der Waals surface area contributed by atoms with Gasteiger partial charge in [-0.15, -0.1) is 0 Å². The summed E-state index contributed by atoms with van der Waals surface area (Å²) in [5, 5.41) is 21.2. The first-order valence-electron chi connectivity index (χ1n) is 6.11. The Labute approximate surface area is 130 Å². The minimum atomic E-state index is -0.721. The highest BCUT2D eigenvalue weighted by atomic mass is 35.5. The van der Waals surface area contributed by atoms with Crippen molar-refractivity contribution in [1.82, 2.24) is 4.57 Å². The molecule has 0 amide bonds. The van der Waals surface area contributed by atoms with E-state index in [4.69, 9.17) is 44.6 Å². The molecule has 2 N–H and O–H groups in total. The van der Waals surface area contributed by atoms with Gasteiger partial charge in [-0.2, -0.15) is 0 Å². The Balaban J connectivity index is 2.08. The Bertz CT molecular complexity index is 658. The van der Waals surface area contributed by atoms with Crippen LogP contribution in [0.1, 0.15) is 12.6 Å². The van der Waals surface area contributed by atoms with Crippen LogP contribution in [-0.4, -0.2) is 33.6 Å². The number of hydrogen-bond acceptors (Lipinski definition) is 3. The molecule has 2 aromatic rings. The van der Waals surface area contributed by atoms with Gasteiger partial charge < -0.3 is 19.5 Å². The quantitative estimate of drug-likeness (QED) is 0.885. The monoisotopic (exact) mass is 335 g/mol. The van der Waals surface area contributed by atoms with Crippen molar-refractivity contribution < 1.29 is 14.9 Å². The van der Waals surface area contributed by atoms with Crippen LogP contribution in [0.2, 0.25) is 15.2 Å². The minimum absolute atomic E-state index is 0.235. The van der Waals surface area contributed by atoms with Gasteiger partial charge in [0.2, 0.25) is 0 Å².